The summed E-state index contributed by atoms with van der Waals surface area (Å²) in [4.78, 5) is 29.6. The van der Waals surface area contributed by atoms with Crippen molar-refractivity contribution in [2.75, 3.05) is 37.7 Å². The Balaban J connectivity index is 1.34. The maximum atomic E-state index is 14.0. The molecule has 5 rings (SSSR count). The first kappa shape index (κ1) is 28.0. The molecule has 3 aromatic heterocycles. The van der Waals surface area contributed by atoms with Crippen LogP contribution in [0.2, 0.25) is 0 Å². The average Bonchev–Trinajstić information content (AvgIpc) is 2.95. The number of rotatable bonds is 4. The summed E-state index contributed by atoms with van der Waals surface area (Å²) in [7, 11) is 2.01. The van der Waals surface area contributed by atoms with Crippen LogP contribution >= 0.6 is 0 Å². The number of carbonyl (C=O) groups is 1. The molecule has 0 radical (unpaired) electrons. The third-order valence-electron chi connectivity index (χ3n) is 7.13. The summed E-state index contributed by atoms with van der Waals surface area (Å²) in [6.45, 7) is 4.39. The second-order valence-corrected chi connectivity index (χ2v) is 10.1. The number of carbonyl (C=O) groups excluding carboxylic acids is 1. The predicted molar refractivity (Wildman–Crippen MR) is 151 cm³/mol. The van der Waals surface area contributed by atoms with Gasteiger partial charge in [0.15, 0.2) is 0 Å². The molecule has 1 amide bonds. The Bertz CT molecular complexity index is 1660. The van der Waals surface area contributed by atoms with E-state index in [0.29, 0.717) is 35.6 Å². The van der Waals surface area contributed by atoms with Crippen molar-refractivity contribution >= 4 is 28.3 Å². The van der Waals surface area contributed by atoms with Gasteiger partial charge in [0, 0.05) is 73.6 Å². The highest BCUT2D eigenvalue weighted by molar-refractivity contribution is 6.04. The number of nitrogen functional groups attached to an aromatic ring is 1. The van der Waals surface area contributed by atoms with Gasteiger partial charge in [0.2, 0.25) is 0 Å². The fraction of sp³-hybridized carbons (Fsp3) is 0.267. The number of hydrogen-bond acceptors (Lipinski definition) is 7. The largest absolute Gasteiger partial charge is 0.416 e. The van der Waals surface area contributed by atoms with Crippen LogP contribution in [0.4, 0.5) is 24.7 Å². The Morgan fingerprint density at radius 3 is 2.73 bits per heavy atom. The number of amides is 1. The van der Waals surface area contributed by atoms with Gasteiger partial charge in [0.25, 0.3) is 5.91 Å². The summed E-state index contributed by atoms with van der Waals surface area (Å²) in [5.41, 5.74) is 7.08. The van der Waals surface area contributed by atoms with E-state index in [1.165, 1.54) is 30.6 Å². The lowest BCUT2D eigenvalue weighted by Crippen LogP contribution is -2.49. The number of benzene rings is 1. The molecule has 8 nitrogen and oxygen atoms in total. The molecule has 1 atom stereocenters. The summed E-state index contributed by atoms with van der Waals surface area (Å²) in [6.07, 6.45) is 1.41. The lowest BCUT2D eigenvalue weighted by atomic mass is 10.0. The molecule has 3 N–H and O–H groups in total. The van der Waals surface area contributed by atoms with Gasteiger partial charge in [-0.15, -0.1) is 0 Å². The molecule has 1 aliphatic heterocycles. The molecule has 0 spiro atoms. The van der Waals surface area contributed by atoms with Gasteiger partial charge < -0.3 is 16.0 Å². The minimum Gasteiger partial charge on any atom is -0.382 e. The van der Waals surface area contributed by atoms with Gasteiger partial charge in [-0.05, 0) is 49.9 Å². The molecular weight excluding hydrogens is 531 g/mol. The minimum atomic E-state index is -4.57. The van der Waals surface area contributed by atoms with Crippen molar-refractivity contribution in [1.82, 2.24) is 24.8 Å². The maximum Gasteiger partial charge on any atom is 0.416 e. The van der Waals surface area contributed by atoms with Crippen LogP contribution in [0.15, 0.2) is 61.2 Å². The Labute approximate surface area is 235 Å². The van der Waals surface area contributed by atoms with Crippen molar-refractivity contribution in [3.63, 3.8) is 0 Å². The SMILES string of the molecule is C[C@H]1CN(Cc2ccc(NC(=O)c3cncc(C#Cc4cnc(N)c5ncccc45)c3)cc2C(F)(F)F)CCN1C. The van der Waals surface area contributed by atoms with Gasteiger partial charge in [-0.25, -0.2) is 4.98 Å². The number of anilines is 2. The summed E-state index contributed by atoms with van der Waals surface area (Å²) in [5.74, 6) is 5.65. The minimum absolute atomic E-state index is 0.0428. The summed E-state index contributed by atoms with van der Waals surface area (Å²) in [5, 5.41) is 3.30. The lowest BCUT2D eigenvalue weighted by molar-refractivity contribution is -0.138. The van der Waals surface area contributed by atoms with E-state index in [1.54, 1.807) is 18.5 Å². The molecule has 4 heterocycles. The normalized spacial score (nSPS) is 16.3. The Hall–Kier alpha value is -4.53. The Morgan fingerprint density at radius 1 is 1.12 bits per heavy atom. The van der Waals surface area contributed by atoms with Gasteiger partial charge in [0.1, 0.15) is 11.3 Å². The second kappa shape index (κ2) is 11.5. The summed E-state index contributed by atoms with van der Waals surface area (Å²) in [6, 6.07) is 9.28. The highest BCUT2D eigenvalue weighted by Crippen LogP contribution is 2.35. The number of aromatic nitrogens is 3. The Kier molecular flexibility index (Phi) is 7.88. The number of piperazine rings is 1. The third-order valence-corrected chi connectivity index (χ3v) is 7.13. The van der Waals surface area contributed by atoms with E-state index in [-0.39, 0.29) is 29.4 Å². The van der Waals surface area contributed by atoms with Crippen molar-refractivity contribution in [2.24, 2.45) is 0 Å². The first-order valence-electron chi connectivity index (χ1n) is 13.0. The summed E-state index contributed by atoms with van der Waals surface area (Å²) < 4.78 is 42.0. The topological polar surface area (TPSA) is 100 Å². The molecule has 1 aromatic carbocycles. The maximum absolute atomic E-state index is 14.0. The molecule has 0 bridgehead atoms. The van der Waals surface area contributed by atoms with E-state index < -0.39 is 17.6 Å². The van der Waals surface area contributed by atoms with Gasteiger partial charge in [-0.2, -0.15) is 13.2 Å². The molecule has 4 aromatic rings. The first-order chi connectivity index (χ1) is 19.6. The van der Waals surface area contributed by atoms with Crippen LogP contribution < -0.4 is 11.1 Å². The van der Waals surface area contributed by atoms with Crippen LogP contribution in [-0.2, 0) is 12.7 Å². The number of hydrogen-bond donors (Lipinski definition) is 2. The van der Waals surface area contributed by atoms with Crippen molar-refractivity contribution in [3.05, 3.63) is 89.0 Å². The predicted octanol–water partition coefficient (Wildman–Crippen LogP) is 4.41. The molecule has 0 unspecified atom stereocenters. The highest BCUT2D eigenvalue weighted by atomic mass is 19.4. The van der Waals surface area contributed by atoms with E-state index in [0.717, 1.165) is 18.0 Å². The zero-order valence-corrected chi connectivity index (χ0v) is 22.5. The number of nitrogens with one attached hydrogen (secondary N) is 1. The first-order valence-corrected chi connectivity index (χ1v) is 13.0. The van der Waals surface area contributed by atoms with Crippen molar-refractivity contribution in [2.45, 2.75) is 25.7 Å². The van der Waals surface area contributed by atoms with Crippen LogP contribution in [0.1, 0.15) is 39.5 Å². The molecule has 0 aliphatic carbocycles. The van der Waals surface area contributed by atoms with Gasteiger partial charge in [-0.3, -0.25) is 19.7 Å². The van der Waals surface area contributed by atoms with Crippen LogP contribution in [0.25, 0.3) is 10.9 Å². The number of pyridine rings is 3. The number of nitrogens with zero attached hydrogens (tertiary/aromatic N) is 5. The van der Waals surface area contributed by atoms with E-state index in [9.17, 15) is 18.0 Å². The molecule has 1 fully saturated rings. The standard InChI is InChI=1S/C30H28F3N7O/c1-19-17-40(11-10-39(19)2)18-22-7-8-24(13-26(22)30(31,32)33)38-29(41)23-12-20(14-35-15-23)5-6-21-16-37-28(34)27-25(21)4-3-9-36-27/h3-4,7-9,12-16,19H,10-11,17-18H2,1-2H3,(H2,34,37)(H,38,41)/t19-/m0/s1. The fourth-order valence-corrected chi connectivity index (χ4v) is 4.73. The molecule has 1 aliphatic rings. The van der Waals surface area contributed by atoms with Crippen molar-refractivity contribution in [1.29, 1.82) is 0 Å². The van der Waals surface area contributed by atoms with Crippen LogP contribution in [-0.4, -0.2) is 63.4 Å². The van der Waals surface area contributed by atoms with Gasteiger partial charge in [-0.1, -0.05) is 17.9 Å². The van der Waals surface area contributed by atoms with E-state index >= 15 is 0 Å². The van der Waals surface area contributed by atoms with Gasteiger partial charge in [0.05, 0.1) is 16.7 Å². The third kappa shape index (κ3) is 6.45. The number of alkyl halides is 3. The number of nitrogens with two attached hydrogens (primary N) is 1. The molecular formula is C30H28F3N7O. The monoisotopic (exact) mass is 559 g/mol. The van der Waals surface area contributed by atoms with E-state index in [1.807, 2.05) is 18.0 Å². The van der Waals surface area contributed by atoms with Crippen molar-refractivity contribution < 1.29 is 18.0 Å². The van der Waals surface area contributed by atoms with E-state index in [4.69, 9.17) is 5.73 Å². The molecule has 1 saturated heterocycles. The number of fused-ring (bicyclic) bond motifs is 1. The highest BCUT2D eigenvalue weighted by Gasteiger charge is 2.34. The second-order valence-electron chi connectivity index (χ2n) is 10.1. The summed E-state index contributed by atoms with van der Waals surface area (Å²) >= 11 is 0. The zero-order valence-electron chi connectivity index (χ0n) is 22.5. The van der Waals surface area contributed by atoms with E-state index in [2.05, 4.69) is 43.9 Å². The van der Waals surface area contributed by atoms with Crippen LogP contribution in [0, 0.1) is 11.8 Å². The van der Waals surface area contributed by atoms with Crippen LogP contribution in [0.5, 0.6) is 0 Å². The Morgan fingerprint density at radius 2 is 1.95 bits per heavy atom. The lowest BCUT2D eigenvalue weighted by Gasteiger charge is -2.38. The van der Waals surface area contributed by atoms with Gasteiger partial charge >= 0.3 is 6.18 Å². The molecule has 11 heteroatoms. The van der Waals surface area contributed by atoms with Crippen LogP contribution in [0.3, 0.4) is 0 Å². The fourth-order valence-electron chi connectivity index (χ4n) is 4.73. The quantitative estimate of drug-likeness (QED) is 0.357. The molecule has 41 heavy (non-hydrogen) atoms. The molecule has 0 saturated carbocycles. The smallest absolute Gasteiger partial charge is 0.382 e. The average molecular weight is 560 g/mol. The zero-order chi connectivity index (χ0) is 29.1. The number of likely N-dealkylation sites (N-methyl/N-ethyl adjacent to an activating group) is 1. The van der Waals surface area contributed by atoms with Crippen molar-refractivity contribution in [3.8, 4) is 11.8 Å². The molecule has 210 valence electrons. The number of halogens is 3.